The van der Waals surface area contributed by atoms with Crippen molar-refractivity contribution in [3.63, 3.8) is 0 Å². The molecule has 0 unspecified atom stereocenters. The minimum atomic E-state index is -1.15. The van der Waals surface area contributed by atoms with Crippen molar-refractivity contribution in [3.8, 4) is 0 Å². The average Bonchev–Trinajstić information content (AvgIpc) is 3.35. The highest BCUT2D eigenvalue weighted by Crippen LogP contribution is 2.14. The summed E-state index contributed by atoms with van der Waals surface area (Å²) in [4.78, 5) is 81.9. The van der Waals surface area contributed by atoms with Crippen LogP contribution >= 0.6 is 0 Å². The molecule has 4 atom stereocenters. The van der Waals surface area contributed by atoms with Gasteiger partial charge in [-0.2, -0.15) is 0 Å². The lowest BCUT2D eigenvalue weighted by Gasteiger charge is -2.26. The highest BCUT2D eigenvalue weighted by molar-refractivity contribution is 5.90. The summed E-state index contributed by atoms with van der Waals surface area (Å²) in [6.07, 6.45) is 27.4. The number of unbranched alkanes of at least 4 members (excludes halogenated alkanes) is 19. The van der Waals surface area contributed by atoms with Crippen molar-refractivity contribution in [1.82, 2.24) is 31.1 Å². The van der Waals surface area contributed by atoms with Gasteiger partial charge in [-0.05, 0) is 77.3 Å². The summed E-state index contributed by atoms with van der Waals surface area (Å²) < 4.78 is 0. The first-order valence-electron chi connectivity index (χ1n) is 27.7. The fraction of sp³-hybridized carbons (Fsp3) is 0.885. The van der Waals surface area contributed by atoms with Crippen LogP contribution in [0.2, 0.25) is 0 Å². The van der Waals surface area contributed by atoms with Crippen LogP contribution in [0.3, 0.4) is 0 Å². The number of nitrogens with one attached hydrogen (secondary N) is 4. The van der Waals surface area contributed by atoms with Gasteiger partial charge in [-0.25, -0.2) is 0 Å². The Morgan fingerprint density at radius 1 is 0.414 bits per heavy atom. The number of hydrogen-bond donors (Lipinski definition) is 10. The van der Waals surface area contributed by atoms with E-state index in [2.05, 4.69) is 35.1 Å². The summed E-state index contributed by atoms with van der Waals surface area (Å²) in [5.41, 5.74) is 23.0. The molecule has 0 aromatic heterocycles. The standard InChI is InChI=1S/C52H104N10O8/c1-3-5-7-9-11-13-15-17-19-31-47(65)61(39-27-35-57-51(69)45(41-63)59-49(67)43(55)29-21-23-33-53)37-25-26-38-62(48(66)32-20-18-16-14-12-10-8-6-4-2)40-28-36-58-52(70)46(42-64)60-50(68)44(56)30-22-24-34-54/h43-46,63-64H,3-42,53-56H2,1-2H3,(H,57,69)(H,58,70)(H,59,67)(H,60,68)/t43-,44-,45-,46-/m0/s1. The van der Waals surface area contributed by atoms with E-state index in [1.165, 1.54) is 77.0 Å². The molecule has 0 rings (SSSR count). The molecule has 0 spiro atoms. The Morgan fingerprint density at radius 3 is 1.04 bits per heavy atom. The second-order valence-corrected chi connectivity index (χ2v) is 19.2. The van der Waals surface area contributed by atoms with Crippen LogP contribution < -0.4 is 44.2 Å². The lowest BCUT2D eigenvalue weighted by molar-refractivity contribution is -0.133. The number of carbonyl (C=O) groups is 6. The molecule has 0 heterocycles. The fourth-order valence-electron chi connectivity index (χ4n) is 8.25. The number of nitrogens with zero attached hydrogens (tertiary/aromatic N) is 2. The van der Waals surface area contributed by atoms with Gasteiger partial charge >= 0.3 is 0 Å². The van der Waals surface area contributed by atoms with Gasteiger partial charge in [-0.1, -0.05) is 129 Å². The van der Waals surface area contributed by atoms with Gasteiger partial charge in [0.2, 0.25) is 35.4 Å². The van der Waals surface area contributed by atoms with E-state index in [0.29, 0.717) is 103 Å². The van der Waals surface area contributed by atoms with Gasteiger partial charge in [0, 0.05) is 52.1 Å². The van der Waals surface area contributed by atoms with Crippen molar-refractivity contribution in [2.24, 2.45) is 22.9 Å². The molecule has 410 valence electrons. The molecular weight excluding hydrogens is 893 g/mol. The van der Waals surface area contributed by atoms with Crippen molar-refractivity contribution in [3.05, 3.63) is 0 Å². The fourth-order valence-corrected chi connectivity index (χ4v) is 8.25. The lowest BCUT2D eigenvalue weighted by atomic mass is 10.1. The lowest BCUT2D eigenvalue weighted by Crippen LogP contribution is -2.53. The first-order valence-corrected chi connectivity index (χ1v) is 27.7. The van der Waals surface area contributed by atoms with Gasteiger partial charge < -0.3 is 64.2 Å². The third-order valence-corrected chi connectivity index (χ3v) is 12.9. The van der Waals surface area contributed by atoms with Crippen LogP contribution in [0.5, 0.6) is 0 Å². The Labute approximate surface area is 423 Å². The molecule has 0 fully saturated rings. The van der Waals surface area contributed by atoms with Gasteiger partial charge in [0.25, 0.3) is 0 Å². The predicted molar refractivity (Wildman–Crippen MR) is 281 cm³/mol. The third kappa shape index (κ3) is 35.6. The Bertz CT molecular complexity index is 1250. The number of nitrogens with two attached hydrogens (primary N) is 4. The van der Waals surface area contributed by atoms with E-state index >= 15 is 0 Å². The first kappa shape index (κ1) is 66.6. The molecule has 0 aliphatic carbocycles. The van der Waals surface area contributed by atoms with E-state index in [4.69, 9.17) is 22.9 Å². The Kier molecular flexibility index (Phi) is 44.4. The topological polar surface area (TPSA) is 302 Å². The minimum Gasteiger partial charge on any atom is -0.394 e. The van der Waals surface area contributed by atoms with Gasteiger partial charge in [-0.3, -0.25) is 28.8 Å². The molecule has 0 aromatic carbocycles. The molecule has 0 bridgehead atoms. The summed E-state index contributed by atoms with van der Waals surface area (Å²) in [6.45, 7) is 6.52. The number of amides is 6. The maximum Gasteiger partial charge on any atom is 0.244 e. The van der Waals surface area contributed by atoms with Crippen molar-refractivity contribution < 1.29 is 39.0 Å². The van der Waals surface area contributed by atoms with Crippen LogP contribution in [-0.2, 0) is 28.8 Å². The van der Waals surface area contributed by atoms with E-state index in [-0.39, 0.29) is 24.9 Å². The quantitative estimate of drug-likeness (QED) is 0.0385. The summed E-state index contributed by atoms with van der Waals surface area (Å²) in [5, 5.41) is 30.4. The zero-order valence-electron chi connectivity index (χ0n) is 44.1. The molecule has 0 aliphatic rings. The van der Waals surface area contributed by atoms with E-state index in [1.807, 2.05) is 9.80 Å². The zero-order chi connectivity index (χ0) is 52.0. The number of hydrogen-bond acceptors (Lipinski definition) is 12. The highest BCUT2D eigenvalue weighted by atomic mass is 16.3. The maximum atomic E-state index is 13.6. The molecular formula is C52H104N10O8. The second-order valence-electron chi connectivity index (χ2n) is 19.2. The molecule has 18 nitrogen and oxygen atoms in total. The number of aliphatic hydroxyl groups excluding tert-OH is 2. The second kappa shape index (κ2) is 46.6. The third-order valence-electron chi connectivity index (χ3n) is 12.9. The van der Waals surface area contributed by atoms with Crippen LogP contribution in [0, 0.1) is 0 Å². The zero-order valence-corrected chi connectivity index (χ0v) is 44.1. The number of carbonyl (C=O) groups excluding carboxylic acids is 6. The van der Waals surface area contributed by atoms with E-state index in [0.717, 1.165) is 51.4 Å². The first-order chi connectivity index (χ1) is 33.9. The summed E-state index contributed by atoms with van der Waals surface area (Å²) in [6, 6.07) is -3.92. The van der Waals surface area contributed by atoms with Crippen molar-refractivity contribution in [2.75, 3.05) is 65.6 Å². The van der Waals surface area contributed by atoms with Crippen molar-refractivity contribution >= 4 is 35.4 Å². The molecule has 0 saturated heterocycles. The van der Waals surface area contributed by atoms with Crippen LogP contribution in [0.4, 0.5) is 0 Å². The van der Waals surface area contributed by atoms with Gasteiger partial charge in [0.05, 0.1) is 25.3 Å². The summed E-state index contributed by atoms with van der Waals surface area (Å²) in [7, 11) is 0. The van der Waals surface area contributed by atoms with Crippen molar-refractivity contribution in [2.45, 2.75) is 231 Å². The highest BCUT2D eigenvalue weighted by Gasteiger charge is 2.25. The smallest absolute Gasteiger partial charge is 0.244 e. The number of aliphatic hydroxyl groups is 2. The Morgan fingerprint density at radius 2 is 0.729 bits per heavy atom. The molecule has 6 amide bonds. The molecule has 18 heteroatoms. The average molecular weight is 997 g/mol. The molecule has 0 aromatic rings. The summed E-state index contributed by atoms with van der Waals surface area (Å²) in [5.74, 6) is -1.98. The largest absolute Gasteiger partial charge is 0.394 e. The van der Waals surface area contributed by atoms with E-state index in [9.17, 15) is 39.0 Å². The van der Waals surface area contributed by atoms with E-state index < -0.39 is 61.0 Å². The Hall–Kier alpha value is -3.42. The molecule has 0 radical (unpaired) electrons. The summed E-state index contributed by atoms with van der Waals surface area (Å²) >= 11 is 0. The minimum absolute atomic E-state index is 0.0541. The Balaban J connectivity index is 5.55. The van der Waals surface area contributed by atoms with Gasteiger partial charge in [0.1, 0.15) is 12.1 Å². The van der Waals surface area contributed by atoms with Crippen LogP contribution in [0.25, 0.3) is 0 Å². The molecule has 0 saturated carbocycles. The van der Waals surface area contributed by atoms with Crippen LogP contribution in [-0.4, -0.2) is 145 Å². The molecule has 14 N–H and O–H groups in total. The SMILES string of the molecule is CCCCCCCCCCCC(=O)N(CCCCN(CCCNC(=O)[C@H](CO)NC(=O)[C@@H](N)CCCCN)C(=O)CCCCCCCCCCC)CCCNC(=O)[C@H](CO)NC(=O)[C@@H](N)CCCCN. The van der Waals surface area contributed by atoms with Gasteiger partial charge in [-0.15, -0.1) is 0 Å². The predicted octanol–water partition coefficient (Wildman–Crippen LogP) is 4.15. The molecule has 70 heavy (non-hydrogen) atoms. The molecule has 0 aliphatic heterocycles. The van der Waals surface area contributed by atoms with Crippen LogP contribution in [0.15, 0.2) is 0 Å². The maximum absolute atomic E-state index is 13.6. The monoisotopic (exact) mass is 997 g/mol. The van der Waals surface area contributed by atoms with Crippen LogP contribution in [0.1, 0.15) is 206 Å². The van der Waals surface area contributed by atoms with E-state index in [1.54, 1.807) is 0 Å². The van der Waals surface area contributed by atoms with Gasteiger partial charge in [0.15, 0.2) is 0 Å². The number of rotatable bonds is 49. The van der Waals surface area contributed by atoms with Crippen molar-refractivity contribution in [1.29, 1.82) is 0 Å². The normalized spacial score (nSPS) is 13.0.